The Hall–Kier alpha value is -1.01. The summed E-state index contributed by atoms with van der Waals surface area (Å²) in [6.07, 6.45) is 3.11. The third-order valence-corrected chi connectivity index (χ3v) is 3.54. The van der Waals surface area contributed by atoms with E-state index in [0.717, 1.165) is 49.4 Å². The van der Waals surface area contributed by atoms with E-state index in [1.54, 1.807) is 11.8 Å². The van der Waals surface area contributed by atoms with Crippen LogP contribution in [0, 0.1) is 0 Å². The van der Waals surface area contributed by atoms with Gasteiger partial charge in [-0.1, -0.05) is 25.6 Å². The number of nitrogens with zero attached hydrogens (tertiary/aromatic N) is 3. The van der Waals surface area contributed by atoms with Crippen molar-refractivity contribution in [3.8, 4) is 0 Å². The fourth-order valence-corrected chi connectivity index (χ4v) is 2.17. The van der Waals surface area contributed by atoms with Crippen LogP contribution in [0.3, 0.4) is 0 Å². The Bertz CT molecular complexity index is 346. The number of aromatic nitrogens is 2. The molecule has 1 aromatic rings. The number of hydrogen-bond acceptors (Lipinski definition) is 6. The molecule has 0 amide bonds. The molecule has 0 saturated carbocycles. The summed E-state index contributed by atoms with van der Waals surface area (Å²) >= 11 is 1.55. The third-order valence-electron chi connectivity index (χ3n) is 3.00. The number of thioether (sulfide) groups is 1. The Morgan fingerprint density at radius 1 is 1.21 bits per heavy atom. The molecule has 1 aromatic heterocycles. The van der Waals surface area contributed by atoms with Crippen molar-refractivity contribution in [3.05, 3.63) is 6.07 Å². The van der Waals surface area contributed by atoms with E-state index in [-0.39, 0.29) is 0 Å². The zero-order valence-corrected chi connectivity index (χ0v) is 13.2. The molecule has 1 rings (SSSR count). The van der Waals surface area contributed by atoms with Gasteiger partial charge in [0.15, 0.2) is 5.16 Å². The molecular formula is C13H25N5S. The van der Waals surface area contributed by atoms with E-state index in [0.29, 0.717) is 0 Å². The number of hydrogen-bond donors (Lipinski definition) is 2. The minimum atomic E-state index is 0.790. The van der Waals surface area contributed by atoms with Crippen molar-refractivity contribution in [3.63, 3.8) is 0 Å². The lowest BCUT2D eigenvalue weighted by atomic mass is 10.3. The highest BCUT2D eigenvalue weighted by atomic mass is 32.2. The predicted molar refractivity (Wildman–Crippen MR) is 84.3 cm³/mol. The van der Waals surface area contributed by atoms with Crippen LogP contribution in [0.15, 0.2) is 11.2 Å². The average Bonchev–Trinajstić information content (AvgIpc) is 2.47. The van der Waals surface area contributed by atoms with Crippen molar-refractivity contribution in [2.45, 2.75) is 25.4 Å². The molecule has 0 spiro atoms. The van der Waals surface area contributed by atoms with Gasteiger partial charge in [0, 0.05) is 19.7 Å². The second kappa shape index (κ2) is 8.98. The average molecular weight is 283 g/mol. The molecule has 0 unspecified atom stereocenters. The molecule has 2 N–H and O–H groups in total. The van der Waals surface area contributed by atoms with E-state index in [9.17, 15) is 0 Å². The van der Waals surface area contributed by atoms with Crippen LogP contribution in [-0.2, 0) is 0 Å². The SMILES string of the molecule is CCN(CC)CCCNc1cc(NC)nc(SC)n1. The zero-order valence-electron chi connectivity index (χ0n) is 12.4. The van der Waals surface area contributed by atoms with Gasteiger partial charge in [0.1, 0.15) is 11.6 Å². The van der Waals surface area contributed by atoms with E-state index < -0.39 is 0 Å². The van der Waals surface area contributed by atoms with Gasteiger partial charge in [-0.2, -0.15) is 0 Å². The summed E-state index contributed by atoms with van der Waals surface area (Å²) in [6, 6.07) is 1.94. The minimum Gasteiger partial charge on any atom is -0.373 e. The van der Waals surface area contributed by atoms with Crippen molar-refractivity contribution >= 4 is 23.4 Å². The standard InChI is InChI=1S/C13H25N5S/c1-5-18(6-2)9-7-8-15-12-10-11(14-3)16-13(17-12)19-4/h10H,5-9H2,1-4H3,(H2,14,15,16,17). The number of anilines is 2. The first-order valence-electron chi connectivity index (χ1n) is 6.80. The maximum Gasteiger partial charge on any atom is 0.191 e. The van der Waals surface area contributed by atoms with Crippen LogP contribution in [0.4, 0.5) is 11.6 Å². The van der Waals surface area contributed by atoms with E-state index in [2.05, 4.69) is 39.3 Å². The number of rotatable bonds is 9. The lowest BCUT2D eigenvalue weighted by Crippen LogP contribution is -2.25. The molecule has 1 heterocycles. The third kappa shape index (κ3) is 5.65. The quantitative estimate of drug-likeness (QED) is 0.412. The van der Waals surface area contributed by atoms with Gasteiger partial charge >= 0.3 is 0 Å². The predicted octanol–water partition coefficient (Wildman–Crippen LogP) is 2.38. The molecule has 5 nitrogen and oxygen atoms in total. The number of nitrogens with one attached hydrogen (secondary N) is 2. The summed E-state index contributed by atoms with van der Waals surface area (Å²) < 4.78 is 0. The smallest absolute Gasteiger partial charge is 0.191 e. The molecule has 0 aliphatic heterocycles. The Balaban J connectivity index is 2.44. The van der Waals surface area contributed by atoms with Crippen LogP contribution < -0.4 is 10.6 Å². The summed E-state index contributed by atoms with van der Waals surface area (Å²) in [5.74, 6) is 1.74. The molecule has 0 radical (unpaired) electrons. The van der Waals surface area contributed by atoms with Crippen molar-refractivity contribution in [1.82, 2.24) is 14.9 Å². The highest BCUT2D eigenvalue weighted by Gasteiger charge is 2.03. The monoisotopic (exact) mass is 283 g/mol. The molecule has 0 atom stereocenters. The Morgan fingerprint density at radius 3 is 2.47 bits per heavy atom. The topological polar surface area (TPSA) is 53.1 Å². The van der Waals surface area contributed by atoms with Crippen molar-refractivity contribution in [2.24, 2.45) is 0 Å². The zero-order chi connectivity index (χ0) is 14.1. The molecule has 0 aromatic carbocycles. The maximum atomic E-state index is 4.44. The van der Waals surface area contributed by atoms with Gasteiger partial charge in [-0.3, -0.25) is 0 Å². The highest BCUT2D eigenvalue weighted by molar-refractivity contribution is 7.98. The minimum absolute atomic E-state index is 0.790. The maximum absolute atomic E-state index is 4.44. The summed E-state index contributed by atoms with van der Waals surface area (Å²) in [5.41, 5.74) is 0. The van der Waals surface area contributed by atoms with Crippen LogP contribution in [0.25, 0.3) is 0 Å². The first-order valence-corrected chi connectivity index (χ1v) is 8.03. The van der Waals surface area contributed by atoms with Gasteiger partial charge in [0.2, 0.25) is 0 Å². The normalized spacial score (nSPS) is 10.8. The second-order valence-corrected chi connectivity index (χ2v) is 4.96. The molecule has 0 saturated heterocycles. The molecule has 0 aliphatic carbocycles. The van der Waals surface area contributed by atoms with Gasteiger partial charge < -0.3 is 15.5 Å². The molecule has 6 heteroatoms. The van der Waals surface area contributed by atoms with Gasteiger partial charge in [-0.05, 0) is 32.3 Å². The second-order valence-electron chi connectivity index (χ2n) is 4.18. The van der Waals surface area contributed by atoms with Gasteiger partial charge in [-0.15, -0.1) is 0 Å². The van der Waals surface area contributed by atoms with Gasteiger partial charge in [0.05, 0.1) is 0 Å². The highest BCUT2D eigenvalue weighted by Crippen LogP contribution is 2.16. The molecule has 0 aliphatic rings. The molecular weight excluding hydrogens is 258 g/mol. The Kier molecular flexibility index (Phi) is 7.59. The molecule has 0 fully saturated rings. The molecule has 19 heavy (non-hydrogen) atoms. The van der Waals surface area contributed by atoms with E-state index >= 15 is 0 Å². The molecule has 108 valence electrons. The Morgan fingerprint density at radius 2 is 1.89 bits per heavy atom. The van der Waals surface area contributed by atoms with Gasteiger partial charge in [-0.25, -0.2) is 9.97 Å². The van der Waals surface area contributed by atoms with E-state index in [1.807, 2.05) is 19.4 Å². The fourth-order valence-electron chi connectivity index (χ4n) is 1.79. The lowest BCUT2D eigenvalue weighted by molar-refractivity contribution is 0.303. The first kappa shape index (κ1) is 16.0. The van der Waals surface area contributed by atoms with E-state index in [4.69, 9.17) is 0 Å². The fraction of sp³-hybridized carbons (Fsp3) is 0.692. The lowest BCUT2D eigenvalue weighted by Gasteiger charge is -2.17. The van der Waals surface area contributed by atoms with Crippen LogP contribution >= 0.6 is 11.8 Å². The van der Waals surface area contributed by atoms with Crippen LogP contribution in [0.2, 0.25) is 0 Å². The summed E-state index contributed by atoms with van der Waals surface area (Å²) in [5, 5.41) is 7.21. The largest absolute Gasteiger partial charge is 0.373 e. The molecule has 0 bridgehead atoms. The van der Waals surface area contributed by atoms with Crippen molar-refractivity contribution in [2.75, 3.05) is 50.1 Å². The first-order chi connectivity index (χ1) is 9.23. The van der Waals surface area contributed by atoms with Gasteiger partial charge in [0.25, 0.3) is 0 Å². The Labute approximate surface area is 120 Å². The van der Waals surface area contributed by atoms with Crippen LogP contribution in [0.1, 0.15) is 20.3 Å². The summed E-state index contributed by atoms with van der Waals surface area (Å²) in [4.78, 5) is 11.2. The van der Waals surface area contributed by atoms with Crippen molar-refractivity contribution < 1.29 is 0 Å². The summed E-state index contributed by atoms with van der Waals surface area (Å²) in [7, 11) is 1.87. The summed E-state index contributed by atoms with van der Waals surface area (Å²) in [6.45, 7) is 8.69. The van der Waals surface area contributed by atoms with E-state index in [1.165, 1.54) is 0 Å². The van der Waals surface area contributed by atoms with Crippen LogP contribution in [0.5, 0.6) is 0 Å². The van der Waals surface area contributed by atoms with Crippen LogP contribution in [-0.4, -0.2) is 54.4 Å². The van der Waals surface area contributed by atoms with Crippen molar-refractivity contribution in [1.29, 1.82) is 0 Å².